The quantitative estimate of drug-likeness (QED) is 0.576. The van der Waals surface area contributed by atoms with E-state index in [2.05, 4.69) is 33.9 Å². The van der Waals surface area contributed by atoms with Gasteiger partial charge in [-0.1, -0.05) is 18.2 Å². The van der Waals surface area contributed by atoms with E-state index in [1.165, 1.54) is 18.4 Å². The van der Waals surface area contributed by atoms with Gasteiger partial charge in [-0.25, -0.2) is 0 Å². The van der Waals surface area contributed by atoms with Crippen LogP contribution in [-0.4, -0.2) is 31.5 Å². The SMILES string of the molecule is CCNC(=NCC1CC1)NCC1CC(=O)Nc2ccccc21. The standard InChI is InChI=1S/C17H24N4O/c1-2-18-17(19-10-12-7-8-12)20-11-13-9-16(22)21-15-6-4-3-5-14(13)15/h3-6,12-13H,2,7-11H2,1H3,(H,21,22)(H2,18,19,20). The molecule has 0 radical (unpaired) electrons. The van der Waals surface area contributed by atoms with Gasteiger partial charge in [0.1, 0.15) is 0 Å². The van der Waals surface area contributed by atoms with Gasteiger partial charge in [0.05, 0.1) is 0 Å². The Kier molecular flexibility index (Phi) is 4.61. The van der Waals surface area contributed by atoms with Crippen LogP contribution in [0.4, 0.5) is 5.69 Å². The molecule has 1 saturated carbocycles. The number of fused-ring (bicyclic) bond motifs is 1. The molecular formula is C17H24N4O. The highest BCUT2D eigenvalue weighted by Gasteiger charge is 2.25. The fraction of sp³-hybridized carbons (Fsp3) is 0.529. The van der Waals surface area contributed by atoms with Gasteiger partial charge >= 0.3 is 0 Å². The number of nitrogens with zero attached hydrogens (tertiary/aromatic N) is 1. The first-order chi connectivity index (χ1) is 10.8. The summed E-state index contributed by atoms with van der Waals surface area (Å²) in [5.41, 5.74) is 2.14. The van der Waals surface area contributed by atoms with Gasteiger partial charge in [-0.2, -0.15) is 0 Å². The van der Waals surface area contributed by atoms with E-state index in [-0.39, 0.29) is 11.8 Å². The van der Waals surface area contributed by atoms with Gasteiger partial charge in [0.2, 0.25) is 5.91 Å². The van der Waals surface area contributed by atoms with Crippen molar-refractivity contribution in [2.24, 2.45) is 10.9 Å². The maximum Gasteiger partial charge on any atom is 0.225 e. The smallest absolute Gasteiger partial charge is 0.225 e. The first kappa shape index (κ1) is 14.9. The molecule has 1 amide bonds. The predicted octanol–water partition coefficient (Wildman–Crippen LogP) is 2.08. The second-order valence-corrected chi connectivity index (χ2v) is 6.08. The largest absolute Gasteiger partial charge is 0.357 e. The van der Waals surface area contributed by atoms with Crippen LogP contribution < -0.4 is 16.0 Å². The third-order valence-electron chi connectivity index (χ3n) is 4.17. The lowest BCUT2D eigenvalue weighted by Gasteiger charge is -2.26. The van der Waals surface area contributed by atoms with Crippen LogP contribution in [0.1, 0.15) is 37.7 Å². The van der Waals surface area contributed by atoms with Crippen molar-refractivity contribution in [3.63, 3.8) is 0 Å². The number of hydrogen-bond donors (Lipinski definition) is 3. The highest BCUT2D eigenvalue weighted by Crippen LogP contribution is 2.31. The highest BCUT2D eigenvalue weighted by atomic mass is 16.1. The minimum atomic E-state index is 0.0884. The Morgan fingerprint density at radius 1 is 1.32 bits per heavy atom. The van der Waals surface area contributed by atoms with E-state index in [1.807, 2.05) is 18.2 Å². The maximum atomic E-state index is 11.8. The molecule has 1 fully saturated rings. The Hall–Kier alpha value is -2.04. The zero-order valence-electron chi connectivity index (χ0n) is 13.1. The van der Waals surface area contributed by atoms with Gasteiger partial charge < -0.3 is 16.0 Å². The minimum absolute atomic E-state index is 0.0884. The molecule has 22 heavy (non-hydrogen) atoms. The number of carbonyl (C=O) groups is 1. The van der Waals surface area contributed by atoms with Crippen LogP contribution in [-0.2, 0) is 4.79 Å². The van der Waals surface area contributed by atoms with Crippen molar-refractivity contribution in [1.82, 2.24) is 10.6 Å². The van der Waals surface area contributed by atoms with Gasteiger partial charge in [0.25, 0.3) is 0 Å². The summed E-state index contributed by atoms with van der Waals surface area (Å²) in [5, 5.41) is 9.61. The minimum Gasteiger partial charge on any atom is -0.357 e. The summed E-state index contributed by atoms with van der Waals surface area (Å²) in [6.07, 6.45) is 3.13. The number of benzene rings is 1. The number of carbonyl (C=O) groups excluding carboxylic acids is 1. The number of aliphatic imine (C=N–C) groups is 1. The third kappa shape index (κ3) is 3.78. The molecule has 0 bridgehead atoms. The average Bonchev–Trinajstić information content (AvgIpc) is 3.34. The highest BCUT2D eigenvalue weighted by molar-refractivity contribution is 5.94. The molecule has 1 aromatic rings. The lowest BCUT2D eigenvalue weighted by molar-refractivity contribution is -0.116. The molecule has 3 rings (SSSR count). The second kappa shape index (κ2) is 6.81. The van der Waals surface area contributed by atoms with E-state index < -0.39 is 0 Å². The predicted molar refractivity (Wildman–Crippen MR) is 89.1 cm³/mol. The molecule has 1 aliphatic carbocycles. The molecule has 118 valence electrons. The Morgan fingerprint density at radius 2 is 2.14 bits per heavy atom. The Labute approximate surface area is 131 Å². The molecule has 1 unspecified atom stereocenters. The van der Waals surface area contributed by atoms with E-state index in [1.54, 1.807) is 0 Å². The first-order valence-corrected chi connectivity index (χ1v) is 8.17. The fourth-order valence-electron chi connectivity index (χ4n) is 2.77. The zero-order chi connectivity index (χ0) is 15.4. The van der Waals surface area contributed by atoms with Crippen LogP contribution in [0.25, 0.3) is 0 Å². The number of guanidine groups is 1. The van der Waals surface area contributed by atoms with E-state index in [0.717, 1.165) is 37.2 Å². The maximum absolute atomic E-state index is 11.8. The lowest BCUT2D eigenvalue weighted by atomic mass is 9.90. The van der Waals surface area contributed by atoms with Crippen LogP contribution in [0, 0.1) is 5.92 Å². The molecule has 0 aromatic heterocycles. The Morgan fingerprint density at radius 3 is 2.91 bits per heavy atom. The van der Waals surface area contributed by atoms with Crippen molar-refractivity contribution in [3.8, 4) is 0 Å². The van der Waals surface area contributed by atoms with E-state index in [4.69, 9.17) is 0 Å². The molecule has 2 aliphatic rings. The van der Waals surface area contributed by atoms with Crippen molar-refractivity contribution in [2.75, 3.05) is 25.0 Å². The summed E-state index contributed by atoms with van der Waals surface area (Å²) < 4.78 is 0. The summed E-state index contributed by atoms with van der Waals surface area (Å²) in [7, 11) is 0. The van der Waals surface area contributed by atoms with Crippen molar-refractivity contribution in [1.29, 1.82) is 0 Å². The lowest BCUT2D eigenvalue weighted by Crippen LogP contribution is -2.40. The van der Waals surface area contributed by atoms with E-state index in [9.17, 15) is 4.79 Å². The van der Waals surface area contributed by atoms with Gasteiger partial charge in [0, 0.05) is 37.7 Å². The molecule has 0 spiro atoms. The van der Waals surface area contributed by atoms with Crippen molar-refractivity contribution >= 4 is 17.6 Å². The van der Waals surface area contributed by atoms with E-state index >= 15 is 0 Å². The topological polar surface area (TPSA) is 65.5 Å². The number of rotatable bonds is 5. The molecular weight excluding hydrogens is 276 g/mol. The number of amides is 1. The second-order valence-electron chi connectivity index (χ2n) is 6.08. The number of para-hydroxylation sites is 1. The molecule has 0 saturated heterocycles. The monoisotopic (exact) mass is 300 g/mol. The summed E-state index contributed by atoms with van der Waals surface area (Å²) in [5.74, 6) is 1.91. The van der Waals surface area contributed by atoms with Crippen molar-refractivity contribution in [3.05, 3.63) is 29.8 Å². The van der Waals surface area contributed by atoms with Crippen LogP contribution in [0.2, 0.25) is 0 Å². The molecule has 1 atom stereocenters. The van der Waals surface area contributed by atoms with Crippen LogP contribution in [0.3, 0.4) is 0 Å². The van der Waals surface area contributed by atoms with E-state index in [0.29, 0.717) is 6.42 Å². The van der Waals surface area contributed by atoms with Gasteiger partial charge in [-0.05, 0) is 37.3 Å². The average molecular weight is 300 g/mol. The third-order valence-corrected chi connectivity index (χ3v) is 4.17. The number of nitrogens with one attached hydrogen (secondary N) is 3. The van der Waals surface area contributed by atoms with Crippen molar-refractivity contribution < 1.29 is 4.79 Å². The Bertz CT molecular complexity index is 566. The molecule has 1 aliphatic heterocycles. The fourth-order valence-corrected chi connectivity index (χ4v) is 2.77. The van der Waals surface area contributed by atoms with Gasteiger partial charge in [-0.3, -0.25) is 9.79 Å². The molecule has 5 nitrogen and oxygen atoms in total. The van der Waals surface area contributed by atoms with Gasteiger partial charge in [-0.15, -0.1) is 0 Å². The number of hydrogen-bond acceptors (Lipinski definition) is 2. The van der Waals surface area contributed by atoms with Crippen LogP contribution in [0.15, 0.2) is 29.3 Å². The first-order valence-electron chi connectivity index (χ1n) is 8.17. The van der Waals surface area contributed by atoms with Gasteiger partial charge in [0.15, 0.2) is 5.96 Å². The summed E-state index contributed by atoms with van der Waals surface area (Å²) in [4.78, 5) is 16.5. The van der Waals surface area contributed by atoms with Crippen LogP contribution in [0.5, 0.6) is 0 Å². The molecule has 5 heteroatoms. The normalized spacial score (nSPS) is 21.0. The summed E-state index contributed by atoms with van der Waals surface area (Å²) in [6, 6.07) is 8.03. The number of anilines is 1. The van der Waals surface area contributed by atoms with Crippen molar-refractivity contribution in [2.45, 2.75) is 32.1 Å². The summed E-state index contributed by atoms with van der Waals surface area (Å²) >= 11 is 0. The molecule has 3 N–H and O–H groups in total. The van der Waals surface area contributed by atoms with Crippen LogP contribution >= 0.6 is 0 Å². The Balaban J connectivity index is 1.64. The molecule has 1 aromatic carbocycles. The zero-order valence-corrected chi connectivity index (χ0v) is 13.1. The summed E-state index contributed by atoms with van der Waals surface area (Å²) in [6.45, 7) is 4.54. The molecule has 1 heterocycles.